The number of hydrogen-bond acceptors (Lipinski definition) is 2. The minimum absolute atomic E-state index is 0.104. The standard InChI is InChI=1S/C10H13N3/c1-10(2,3)13-5-4-8-6-11-12-9(8)7-13/h4-7H,1-3H3. The number of hydrogen-bond donors (Lipinski definition) is 0. The first-order valence-corrected chi connectivity index (χ1v) is 4.37. The van der Waals surface area contributed by atoms with Gasteiger partial charge in [-0.15, -0.1) is 5.10 Å². The number of pyridine rings is 1. The lowest BCUT2D eigenvalue weighted by molar-refractivity contribution is 0.394. The van der Waals surface area contributed by atoms with Crippen LogP contribution < -0.4 is 0 Å². The zero-order valence-corrected chi connectivity index (χ0v) is 8.15. The normalized spacial score (nSPS) is 12.2. The summed E-state index contributed by atoms with van der Waals surface area (Å²) in [5.41, 5.74) is 2.16. The van der Waals surface area contributed by atoms with Crippen molar-refractivity contribution < 1.29 is 0 Å². The molecule has 0 fully saturated rings. The molecule has 2 rings (SSSR count). The van der Waals surface area contributed by atoms with Gasteiger partial charge in [-0.2, -0.15) is 5.10 Å². The van der Waals surface area contributed by atoms with Crippen LogP contribution in [0.25, 0.3) is 11.3 Å². The summed E-state index contributed by atoms with van der Waals surface area (Å²) in [5.74, 6) is 0. The molecular formula is C10H13N3. The number of fused-ring (bicyclic) bond motifs is 1. The molecular weight excluding hydrogens is 162 g/mol. The number of rotatable bonds is 0. The molecule has 0 N–H and O–H groups in total. The minimum atomic E-state index is 0.104. The molecule has 0 amide bonds. The van der Waals surface area contributed by atoms with Crippen molar-refractivity contribution in [1.29, 1.82) is 0 Å². The highest BCUT2D eigenvalue weighted by molar-refractivity contribution is 5.57. The Morgan fingerprint density at radius 2 is 2.08 bits per heavy atom. The van der Waals surface area contributed by atoms with Crippen molar-refractivity contribution in [3.8, 4) is 11.3 Å². The highest BCUT2D eigenvalue weighted by Gasteiger charge is 2.13. The zero-order chi connectivity index (χ0) is 9.47. The van der Waals surface area contributed by atoms with E-state index in [0.717, 1.165) is 11.3 Å². The SMILES string of the molecule is CC(C)(C)n1ccc2cnnc-2c1. The largest absolute Gasteiger partial charge is 0.347 e. The van der Waals surface area contributed by atoms with Gasteiger partial charge in [-0.3, -0.25) is 0 Å². The third kappa shape index (κ3) is 1.41. The van der Waals surface area contributed by atoms with E-state index in [1.807, 2.05) is 12.3 Å². The van der Waals surface area contributed by atoms with Gasteiger partial charge in [0.05, 0.1) is 6.20 Å². The first kappa shape index (κ1) is 8.23. The molecule has 0 spiro atoms. The van der Waals surface area contributed by atoms with Crippen LogP contribution in [0.15, 0.2) is 24.7 Å². The maximum atomic E-state index is 4.02. The second-order valence-corrected chi connectivity index (χ2v) is 4.21. The van der Waals surface area contributed by atoms with E-state index in [1.165, 1.54) is 0 Å². The number of aromatic nitrogens is 3. The van der Waals surface area contributed by atoms with Gasteiger partial charge in [0.1, 0.15) is 5.69 Å². The summed E-state index contributed by atoms with van der Waals surface area (Å²) >= 11 is 0. The Kier molecular flexibility index (Phi) is 1.62. The average Bonchev–Trinajstić information content (AvgIpc) is 2.47. The summed E-state index contributed by atoms with van der Waals surface area (Å²) in [6.45, 7) is 6.49. The van der Waals surface area contributed by atoms with Crippen molar-refractivity contribution in [2.45, 2.75) is 26.3 Å². The summed E-state index contributed by atoms with van der Waals surface area (Å²) < 4.78 is 2.14. The average molecular weight is 175 g/mol. The molecule has 0 aromatic heterocycles. The molecule has 0 unspecified atom stereocenters. The molecule has 2 aliphatic heterocycles. The van der Waals surface area contributed by atoms with Crippen LogP contribution in [0.5, 0.6) is 0 Å². The van der Waals surface area contributed by atoms with Gasteiger partial charge >= 0.3 is 0 Å². The van der Waals surface area contributed by atoms with E-state index in [9.17, 15) is 0 Å². The van der Waals surface area contributed by atoms with Crippen molar-refractivity contribution in [2.75, 3.05) is 0 Å². The fraction of sp³-hybridized carbons (Fsp3) is 0.400. The molecule has 0 aliphatic carbocycles. The fourth-order valence-corrected chi connectivity index (χ4v) is 1.26. The van der Waals surface area contributed by atoms with Crippen LogP contribution in [0.4, 0.5) is 0 Å². The van der Waals surface area contributed by atoms with Gasteiger partial charge in [0.2, 0.25) is 0 Å². The maximum absolute atomic E-state index is 4.02. The van der Waals surface area contributed by atoms with Crippen LogP contribution in [0.1, 0.15) is 20.8 Å². The summed E-state index contributed by atoms with van der Waals surface area (Å²) in [7, 11) is 0. The van der Waals surface area contributed by atoms with E-state index < -0.39 is 0 Å². The van der Waals surface area contributed by atoms with Gasteiger partial charge < -0.3 is 4.57 Å². The first-order chi connectivity index (χ1) is 6.07. The highest BCUT2D eigenvalue weighted by atomic mass is 15.1. The van der Waals surface area contributed by atoms with Crippen molar-refractivity contribution in [3.05, 3.63) is 24.7 Å². The molecule has 3 nitrogen and oxygen atoms in total. The van der Waals surface area contributed by atoms with Gasteiger partial charge in [-0.05, 0) is 26.8 Å². The van der Waals surface area contributed by atoms with Crippen LogP contribution in [-0.4, -0.2) is 14.8 Å². The Morgan fingerprint density at radius 3 is 2.77 bits per heavy atom. The Balaban J connectivity index is 2.56. The smallest absolute Gasteiger partial charge is 0.111 e. The Morgan fingerprint density at radius 1 is 1.31 bits per heavy atom. The van der Waals surface area contributed by atoms with Gasteiger partial charge in [0.25, 0.3) is 0 Å². The van der Waals surface area contributed by atoms with Crippen molar-refractivity contribution in [2.24, 2.45) is 0 Å². The quantitative estimate of drug-likeness (QED) is 0.614. The predicted octanol–water partition coefficient (Wildman–Crippen LogP) is 2.14. The van der Waals surface area contributed by atoms with Crippen molar-refractivity contribution in [1.82, 2.24) is 14.8 Å². The van der Waals surface area contributed by atoms with E-state index in [4.69, 9.17) is 0 Å². The van der Waals surface area contributed by atoms with Crippen LogP contribution in [0.2, 0.25) is 0 Å². The number of nitrogens with zero attached hydrogens (tertiary/aromatic N) is 3. The van der Waals surface area contributed by atoms with Gasteiger partial charge in [0.15, 0.2) is 0 Å². The molecule has 0 aromatic carbocycles. The van der Waals surface area contributed by atoms with E-state index in [-0.39, 0.29) is 5.54 Å². The van der Waals surface area contributed by atoms with Crippen LogP contribution >= 0.6 is 0 Å². The Bertz CT molecular complexity index is 384. The highest BCUT2D eigenvalue weighted by Crippen LogP contribution is 2.21. The molecule has 2 aliphatic rings. The second-order valence-electron chi connectivity index (χ2n) is 4.21. The first-order valence-electron chi connectivity index (χ1n) is 4.37. The molecule has 0 atom stereocenters. The topological polar surface area (TPSA) is 30.7 Å². The van der Waals surface area contributed by atoms with Gasteiger partial charge in [-0.25, -0.2) is 0 Å². The molecule has 0 aromatic rings. The van der Waals surface area contributed by atoms with Crippen LogP contribution in [0, 0.1) is 0 Å². The third-order valence-electron chi connectivity index (χ3n) is 2.11. The monoisotopic (exact) mass is 175 g/mol. The molecule has 13 heavy (non-hydrogen) atoms. The molecule has 0 saturated heterocycles. The van der Waals surface area contributed by atoms with E-state index >= 15 is 0 Å². The van der Waals surface area contributed by atoms with Crippen LogP contribution in [-0.2, 0) is 5.54 Å². The second kappa shape index (κ2) is 2.55. The zero-order valence-electron chi connectivity index (χ0n) is 8.15. The summed E-state index contributed by atoms with van der Waals surface area (Å²) in [6, 6.07) is 2.04. The lowest BCUT2D eigenvalue weighted by Crippen LogP contribution is -2.21. The fourth-order valence-electron chi connectivity index (χ4n) is 1.26. The summed E-state index contributed by atoms with van der Waals surface area (Å²) in [4.78, 5) is 0. The van der Waals surface area contributed by atoms with E-state index in [1.54, 1.807) is 6.20 Å². The maximum Gasteiger partial charge on any atom is 0.111 e. The van der Waals surface area contributed by atoms with Crippen LogP contribution in [0.3, 0.4) is 0 Å². The van der Waals surface area contributed by atoms with E-state index in [2.05, 4.69) is 41.7 Å². The molecule has 3 heteroatoms. The Labute approximate surface area is 77.8 Å². The summed E-state index contributed by atoms with van der Waals surface area (Å²) in [5, 5.41) is 7.88. The predicted molar refractivity (Wildman–Crippen MR) is 51.6 cm³/mol. The van der Waals surface area contributed by atoms with Gasteiger partial charge in [-0.1, -0.05) is 0 Å². The molecule has 2 heterocycles. The lowest BCUT2D eigenvalue weighted by Gasteiger charge is -2.23. The summed E-state index contributed by atoms with van der Waals surface area (Å²) in [6.07, 6.45) is 5.87. The third-order valence-corrected chi connectivity index (χ3v) is 2.11. The van der Waals surface area contributed by atoms with Gasteiger partial charge in [0, 0.05) is 23.5 Å². The van der Waals surface area contributed by atoms with E-state index in [0.29, 0.717) is 0 Å². The minimum Gasteiger partial charge on any atom is -0.347 e. The molecule has 0 radical (unpaired) electrons. The van der Waals surface area contributed by atoms with Crippen molar-refractivity contribution >= 4 is 0 Å². The molecule has 0 saturated carbocycles. The van der Waals surface area contributed by atoms with Crippen molar-refractivity contribution in [3.63, 3.8) is 0 Å². The molecule has 68 valence electrons. The molecule has 0 bridgehead atoms. The Hall–Kier alpha value is -1.38. The lowest BCUT2D eigenvalue weighted by atomic mass is 10.1.